The molecule has 2 aromatic heterocycles. The molecule has 0 radical (unpaired) electrons. The molecule has 0 fully saturated rings. The van der Waals surface area contributed by atoms with E-state index in [0.29, 0.717) is 11.5 Å². The molecule has 0 aromatic carbocycles. The third kappa shape index (κ3) is 2.41. The van der Waals surface area contributed by atoms with Crippen LogP contribution in [-0.4, -0.2) is 22.2 Å². The highest BCUT2D eigenvalue weighted by Crippen LogP contribution is 2.44. The van der Waals surface area contributed by atoms with Crippen LogP contribution >= 0.6 is 23.1 Å². The predicted molar refractivity (Wildman–Crippen MR) is 85.1 cm³/mol. The van der Waals surface area contributed by atoms with E-state index in [1.54, 1.807) is 23.1 Å². The summed E-state index contributed by atoms with van der Waals surface area (Å²) in [7, 11) is 0. The summed E-state index contributed by atoms with van der Waals surface area (Å²) < 4.78 is 5.51. The van der Waals surface area contributed by atoms with Gasteiger partial charge in [-0.25, -0.2) is 0 Å². The van der Waals surface area contributed by atoms with Gasteiger partial charge in [0.2, 0.25) is 11.8 Å². The van der Waals surface area contributed by atoms with Gasteiger partial charge in [-0.1, -0.05) is 6.07 Å². The van der Waals surface area contributed by atoms with Crippen LogP contribution in [0.1, 0.15) is 17.9 Å². The molecule has 0 saturated carbocycles. The summed E-state index contributed by atoms with van der Waals surface area (Å²) in [4.78, 5) is 1.08. The maximum absolute atomic E-state index is 9.41. The van der Waals surface area contributed by atoms with Gasteiger partial charge in [0.25, 0.3) is 0 Å². The average molecular weight is 318 g/mol. The zero-order chi connectivity index (χ0) is 14.8. The summed E-state index contributed by atoms with van der Waals surface area (Å²) in [6, 6.07) is 6.21. The standard InChI is InChI=1S/C14H14N4OS2/c1-20-6-4-8-9(7-15)13(16)19-14-11(8)12(17-18-14)10-3-2-5-21-10/h2-3,5,8H,4,6,16H2,1H3,(H,17,18)/t8-/m0/s1. The molecule has 0 spiro atoms. The molecule has 21 heavy (non-hydrogen) atoms. The lowest BCUT2D eigenvalue weighted by molar-refractivity contribution is 0.373. The first kappa shape index (κ1) is 14.0. The van der Waals surface area contributed by atoms with Crippen LogP contribution in [0, 0.1) is 11.3 Å². The van der Waals surface area contributed by atoms with E-state index in [0.717, 1.165) is 28.3 Å². The third-order valence-corrected chi connectivity index (χ3v) is 4.97. The lowest BCUT2D eigenvalue weighted by Crippen LogP contribution is -2.20. The molecule has 3 heterocycles. The maximum Gasteiger partial charge on any atom is 0.244 e. The van der Waals surface area contributed by atoms with Gasteiger partial charge in [0.1, 0.15) is 6.07 Å². The molecule has 0 bridgehead atoms. The van der Waals surface area contributed by atoms with Crippen molar-refractivity contribution in [2.75, 3.05) is 12.0 Å². The molecule has 1 aliphatic heterocycles. The zero-order valence-corrected chi connectivity index (χ0v) is 13.1. The zero-order valence-electron chi connectivity index (χ0n) is 11.4. The van der Waals surface area contributed by atoms with Crippen LogP contribution in [0.2, 0.25) is 0 Å². The van der Waals surface area contributed by atoms with Crippen LogP contribution in [0.25, 0.3) is 10.6 Å². The molecule has 0 unspecified atom stereocenters. The fourth-order valence-corrected chi connectivity index (χ4v) is 3.68. The number of hydrogen-bond donors (Lipinski definition) is 2. The number of thioether (sulfide) groups is 1. The van der Waals surface area contributed by atoms with Gasteiger partial charge in [-0.05, 0) is 29.9 Å². The minimum Gasteiger partial charge on any atom is -0.420 e. The van der Waals surface area contributed by atoms with Crippen LogP contribution in [0.15, 0.2) is 29.0 Å². The second kappa shape index (κ2) is 5.84. The Morgan fingerprint density at radius 1 is 1.62 bits per heavy atom. The molecule has 3 rings (SSSR count). The third-order valence-electron chi connectivity index (χ3n) is 3.44. The Morgan fingerprint density at radius 3 is 3.14 bits per heavy atom. The number of thiophene rings is 1. The highest BCUT2D eigenvalue weighted by atomic mass is 32.2. The number of nitrogens with two attached hydrogens (primary N) is 1. The fourth-order valence-electron chi connectivity index (χ4n) is 2.48. The van der Waals surface area contributed by atoms with Crippen molar-refractivity contribution in [3.8, 4) is 22.5 Å². The van der Waals surface area contributed by atoms with Gasteiger partial charge >= 0.3 is 0 Å². The summed E-state index contributed by atoms with van der Waals surface area (Å²) in [6.45, 7) is 0. The number of nitrogens with one attached hydrogen (secondary N) is 1. The predicted octanol–water partition coefficient (Wildman–Crippen LogP) is 3.06. The van der Waals surface area contributed by atoms with Gasteiger partial charge in [0.05, 0.1) is 21.7 Å². The maximum atomic E-state index is 9.41. The normalized spacial score (nSPS) is 17.2. The van der Waals surface area contributed by atoms with Gasteiger partial charge in [0, 0.05) is 5.92 Å². The van der Waals surface area contributed by atoms with E-state index in [1.807, 2.05) is 17.5 Å². The van der Waals surface area contributed by atoms with E-state index < -0.39 is 0 Å². The van der Waals surface area contributed by atoms with Crippen molar-refractivity contribution in [3.63, 3.8) is 0 Å². The number of nitrogens with zero attached hydrogens (tertiary/aromatic N) is 2. The molecule has 7 heteroatoms. The molecule has 3 N–H and O–H groups in total. The average Bonchev–Trinajstić information content (AvgIpc) is 3.12. The van der Waals surface area contributed by atoms with E-state index in [9.17, 15) is 5.26 Å². The summed E-state index contributed by atoms with van der Waals surface area (Å²) in [6.07, 6.45) is 2.88. The number of hydrogen-bond acceptors (Lipinski definition) is 6. The summed E-state index contributed by atoms with van der Waals surface area (Å²) in [5, 5.41) is 18.7. The molecule has 108 valence electrons. The topological polar surface area (TPSA) is 87.7 Å². The summed E-state index contributed by atoms with van der Waals surface area (Å²) in [5.74, 6) is 1.53. The molecular formula is C14H14N4OS2. The van der Waals surface area contributed by atoms with E-state index in [-0.39, 0.29) is 11.8 Å². The second-order valence-corrected chi connectivity index (χ2v) is 6.55. The number of rotatable bonds is 4. The first-order chi connectivity index (χ1) is 10.3. The first-order valence-corrected chi connectivity index (χ1v) is 8.72. The van der Waals surface area contributed by atoms with Crippen molar-refractivity contribution in [2.24, 2.45) is 5.73 Å². The molecule has 2 aromatic rings. The lowest BCUT2D eigenvalue weighted by atomic mass is 9.87. The number of aromatic amines is 1. The van der Waals surface area contributed by atoms with Gasteiger partial charge in [-0.2, -0.15) is 17.0 Å². The van der Waals surface area contributed by atoms with Crippen molar-refractivity contribution >= 4 is 23.1 Å². The van der Waals surface area contributed by atoms with Crippen LogP contribution in [0.3, 0.4) is 0 Å². The summed E-state index contributed by atoms with van der Waals surface area (Å²) >= 11 is 3.37. The Morgan fingerprint density at radius 2 is 2.48 bits per heavy atom. The van der Waals surface area contributed by atoms with Crippen molar-refractivity contribution in [2.45, 2.75) is 12.3 Å². The quantitative estimate of drug-likeness (QED) is 0.904. The molecule has 1 aliphatic rings. The Kier molecular flexibility index (Phi) is 3.90. The largest absolute Gasteiger partial charge is 0.420 e. The Labute approximate surface area is 130 Å². The van der Waals surface area contributed by atoms with Crippen LogP contribution < -0.4 is 10.5 Å². The minimum absolute atomic E-state index is 0.0675. The number of H-pyrrole nitrogens is 1. The first-order valence-electron chi connectivity index (χ1n) is 6.45. The highest BCUT2D eigenvalue weighted by molar-refractivity contribution is 7.98. The number of allylic oxidation sites excluding steroid dienone is 1. The smallest absolute Gasteiger partial charge is 0.244 e. The van der Waals surface area contributed by atoms with Gasteiger partial charge in [-0.3, -0.25) is 5.10 Å². The molecular weight excluding hydrogens is 304 g/mol. The lowest BCUT2D eigenvalue weighted by Gasteiger charge is -2.23. The molecule has 0 amide bonds. The SMILES string of the molecule is CSCC[C@H]1C(C#N)=C(N)Oc2n[nH]c(-c3cccs3)c21. The Hall–Kier alpha value is -1.91. The monoisotopic (exact) mass is 318 g/mol. The summed E-state index contributed by atoms with van der Waals surface area (Å²) in [5.41, 5.74) is 8.23. The van der Waals surface area contributed by atoms with E-state index >= 15 is 0 Å². The fraction of sp³-hybridized carbons (Fsp3) is 0.286. The van der Waals surface area contributed by atoms with Crippen molar-refractivity contribution in [1.29, 1.82) is 5.26 Å². The van der Waals surface area contributed by atoms with Gasteiger partial charge in [-0.15, -0.1) is 16.4 Å². The number of fused-ring (bicyclic) bond motifs is 1. The second-order valence-electron chi connectivity index (χ2n) is 4.62. The number of aromatic nitrogens is 2. The van der Waals surface area contributed by atoms with Crippen molar-refractivity contribution in [3.05, 3.63) is 34.5 Å². The van der Waals surface area contributed by atoms with E-state index in [1.165, 1.54) is 0 Å². The van der Waals surface area contributed by atoms with Crippen LogP contribution in [-0.2, 0) is 0 Å². The molecule has 1 atom stereocenters. The van der Waals surface area contributed by atoms with Crippen LogP contribution in [0.4, 0.5) is 0 Å². The number of ether oxygens (including phenoxy) is 1. The van der Waals surface area contributed by atoms with Crippen LogP contribution in [0.5, 0.6) is 5.88 Å². The number of nitriles is 1. The Balaban J connectivity index is 2.10. The van der Waals surface area contributed by atoms with Crippen molar-refractivity contribution in [1.82, 2.24) is 10.2 Å². The Bertz CT molecular complexity index is 712. The molecule has 5 nitrogen and oxygen atoms in total. The van der Waals surface area contributed by atoms with E-state index in [2.05, 4.69) is 22.5 Å². The highest BCUT2D eigenvalue weighted by Gasteiger charge is 2.34. The molecule has 0 saturated heterocycles. The van der Waals surface area contributed by atoms with Gasteiger partial charge in [0.15, 0.2) is 0 Å². The van der Waals surface area contributed by atoms with E-state index in [4.69, 9.17) is 10.5 Å². The van der Waals surface area contributed by atoms with Crippen molar-refractivity contribution < 1.29 is 4.74 Å². The minimum atomic E-state index is -0.0675. The molecule has 0 aliphatic carbocycles. The van der Waals surface area contributed by atoms with Gasteiger partial charge < -0.3 is 10.5 Å².